The van der Waals surface area contributed by atoms with Crippen molar-refractivity contribution in [3.63, 3.8) is 0 Å². The SMILES string of the molecule is C[C@@H]1CCN(C(=O)c2ccc(S(=O)(=O)NC[C@@H]3CCCO3)cc2)[C@@H]2CCCC[C@H]12. The highest BCUT2D eigenvalue weighted by molar-refractivity contribution is 7.89. The number of piperidine rings is 1. The summed E-state index contributed by atoms with van der Waals surface area (Å²) in [5.74, 6) is 1.31. The molecule has 4 atom stereocenters. The third-order valence-corrected chi connectivity index (χ3v) is 8.38. The molecule has 3 fully saturated rings. The lowest BCUT2D eigenvalue weighted by Gasteiger charge is -2.47. The molecule has 1 amide bonds. The normalized spacial score (nSPS) is 30.2. The van der Waals surface area contributed by atoms with Crippen molar-refractivity contribution in [3.05, 3.63) is 29.8 Å². The van der Waals surface area contributed by atoms with Gasteiger partial charge >= 0.3 is 0 Å². The fourth-order valence-corrected chi connectivity index (χ4v) is 6.27. The van der Waals surface area contributed by atoms with Gasteiger partial charge in [-0.25, -0.2) is 13.1 Å². The molecule has 0 bridgehead atoms. The van der Waals surface area contributed by atoms with E-state index in [1.54, 1.807) is 12.1 Å². The Balaban J connectivity index is 1.43. The van der Waals surface area contributed by atoms with Crippen molar-refractivity contribution in [1.29, 1.82) is 0 Å². The number of nitrogens with zero attached hydrogens (tertiary/aromatic N) is 1. The average Bonchev–Trinajstić information content (AvgIpc) is 3.26. The molecule has 2 aliphatic heterocycles. The van der Waals surface area contributed by atoms with Gasteiger partial charge in [0.2, 0.25) is 10.0 Å². The van der Waals surface area contributed by atoms with Crippen LogP contribution in [0.5, 0.6) is 0 Å². The zero-order valence-corrected chi connectivity index (χ0v) is 18.0. The number of amides is 1. The fraction of sp³-hybridized carbons (Fsp3) is 0.682. The first-order valence-corrected chi connectivity index (χ1v) is 12.5. The second-order valence-electron chi connectivity index (χ2n) is 8.79. The molecule has 2 heterocycles. The predicted molar refractivity (Wildman–Crippen MR) is 111 cm³/mol. The number of ether oxygens (including phenoxy) is 1. The minimum atomic E-state index is -3.60. The Labute approximate surface area is 174 Å². The third-order valence-electron chi connectivity index (χ3n) is 6.94. The summed E-state index contributed by atoms with van der Waals surface area (Å²) in [6.07, 6.45) is 7.60. The average molecular weight is 421 g/mol. The molecule has 0 spiro atoms. The fourth-order valence-electron chi connectivity index (χ4n) is 5.20. The van der Waals surface area contributed by atoms with Gasteiger partial charge in [-0.1, -0.05) is 19.8 Å². The van der Waals surface area contributed by atoms with Gasteiger partial charge < -0.3 is 9.64 Å². The summed E-state index contributed by atoms with van der Waals surface area (Å²) in [6, 6.07) is 6.71. The van der Waals surface area contributed by atoms with Crippen molar-refractivity contribution < 1.29 is 17.9 Å². The van der Waals surface area contributed by atoms with Crippen molar-refractivity contribution in [2.24, 2.45) is 11.8 Å². The van der Waals surface area contributed by atoms with Crippen molar-refractivity contribution >= 4 is 15.9 Å². The number of nitrogens with one attached hydrogen (secondary N) is 1. The predicted octanol–water partition coefficient (Wildman–Crippen LogP) is 3.18. The highest BCUT2D eigenvalue weighted by atomic mass is 32.2. The molecule has 2 saturated heterocycles. The van der Waals surface area contributed by atoms with E-state index in [0.717, 1.165) is 32.2 Å². The molecule has 1 saturated carbocycles. The lowest BCUT2D eigenvalue weighted by Crippen LogP contribution is -2.52. The molecule has 1 aliphatic carbocycles. The number of rotatable bonds is 5. The molecule has 1 aromatic rings. The lowest BCUT2D eigenvalue weighted by atomic mass is 9.72. The van der Waals surface area contributed by atoms with E-state index in [1.165, 1.54) is 31.4 Å². The van der Waals surface area contributed by atoms with Crippen molar-refractivity contribution in [2.45, 2.75) is 68.9 Å². The van der Waals surface area contributed by atoms with E-state index < -0.39 is 10.0 Å². The Bertz CT molecular complexity index is 818. The van der Waals surface area contributed by atoms with Gasteiger partial charge in [0.1, 0.15) is 0 Å². The van der Waals surface area contributed by atoms with Crippen LogP contribution in [-0.2, 0) is 14.8 Å². The quantitative estimate of drug-likeness (QED) is 0.794. The van der Waals surface area contributed by atoms with Crippen LogP contribution in [0.2, 0.25) is 0 Å². The van der Waals surface area contributed by atoms with Crippen LogP contribution >= 0.6 is 0 Å². The summed E-state index contributed by atoms with van der Waals surface area (Å²) in [5.41, 5.74) is 0.571. The summed E-state index contributed by atoms with van der Waals surface area (Å²) in [5, 5.41) is 0. The maximum atomic E-state index is 13.2. The van der Waals surface area contributed by atoms with Crippen molar-refractivity contribution in [3.8, 4) is 0 Å². The van der Waals surface area contributed by atoms with E-state index in [0.29, 0.717) is 30.0 Å². The Morgan fingerprint density at radius 3 is 2.59 bits per heavy atom. The first-order chi connectivity index (χ1) is 14.0. The zero-order chi connectivity index (χ0) is 20.4. The van der Waals surface area contributed by atoms with Crippen LogP contribution in [0.25, 0.3) is 0 Å². The molecule has 3 aliphatic rings. The number of carbonyl (C=O) groups is 1. The smallest absolute Gasteiger partial charge is 0.254 e. The minimum absolute atomic E-state index is 0.0325. The zero-order valence-electron chi connectivity index (χ0n) is 17.2. The van der Waals surface area contributed by atoms with Gasteiger partial charge in [-0.15, -0.1) is 0 Å². The maximum absolute atomic E-state index is 13.2. The number of likely N-dealkylation sites (tertiary alicyclic amines) is 1. The van der Waals surface area contributed by atoms with Crippen LogP contribution in [0, 0.1) is 11.8 Å². The number of fused-ring (bicyclic) bond motifs is 1. The highest BCUT2D eigenvalue weighted by Crippen LogP contribution is 2.39. The van der Waals surface area contributed by atoms with Gasteiger partial charge in [0.15, 0.2) is 0 Å². The van der Waals surface area contributed by atoms with Crippen LogP contribution in [0.15, 0.2) is 29.2 Å². The van der Waals surface area contributed by atoms with Crippen molar-refractivity contribution in [2.75, 3.05) is 19.7 Å². The molecule has 0 radical (unpaired) electrons. The first kappa shape index (κ1) is 20.8. The van der Waals surface area contributed by atoms with Crippen LogP contribution in [0.4, 0.5) is 0 Å². The molecular formula is C22H32N2O4S. The number of hydrogen-bond donors (Lipinski definition) is 1. The Hall–Kier alpha value is -1.44. The summed E-state index contributed by atoms with van der Waals surface area (Å²) >= 11 is 0. The van der Waals surface area contributed by atoms with E-state index >= 15 is 0 Å². The molecular weight excluding hydrogens is 388 g/mol. The summed E-state index contributed by atoms with van der Waals surface area (Å²) in [7, 11) is -3.60. The third kappa shape index (κ3) is 4.52. The number of sulfonamides is 1. The maximum Gasteiger partial charge on any atom is 0.254 e. The second-order valence-corrected chi connectivity index (χ2v) is 10.6. The molecule has 7 heteroatoms. The van der Waals surface area contributed by atoms with Crippen molar-refractivity contribution in [1.82, 2.24) is 9.62 Å². The lowest BCUT2D eigenvalue weighted by molar-refractivity contribution is 0.0217. The Kier molecular flexibility index (Phi) is 6.27. The standard InChI is InChI=1S/C22H32N2O4S/c1-16-12-13-24(21-7-3-2-6-20(16)21)22(25)17-8-10-19(11-9-17)29(26,27)23-15-18-5-4-14-28-18/h8-11,16,18,20-21,23H,2-7,12-15H2,1H3/t16-,18+,20-,21-/m1/s1. The van der Waals surface area contributed by atoms with E-state index in [9.17, 15) is 13.2 Å². The van der Waals surface area contributed by atoms with E-state index in [-0.39, 0.29) is 23.5 Å². The van der Waals surface area contributed by atoms with Gasteiger partial charge in [0, 0.05) is 31.3 Å². The summed E-state index contributed by atoms with van der Waals surface area (Å²) < 4.78 is 33.2. The van der Waals surface area contributed by atoms with Gasteiger partial charge in [-0.3, -0.25) is 4.79 Å². The number of hydrogen-bond acceptors (Lipinski definition) is 4. The largest absolute Gasteiger partial charge is 0.377 e. The van der Waals surface area contributed by atoms with E-state index in [2.05, 4.69) is 11.6 Å². The van der Waals surface area contributed by atoms with Crippen LogP contribution in [-0.4, -0.2) is 51.1 Å². The monoisotopic (exact) mass is 420 g/mol. The van der Waals surface area contributed by atoms with Crippen LogP contribution < -0.4 is 4.72 Å². The number of carbonyl (C=O) groups excluding carboxylic acids is 1. The first-order valence-electron chi connectivity index (χ1n) is 11.0. The molecule has 0 aromatic heterocycles. The summed E-state index contributed by atoms with van der Waals surface area (Å²) in [4.78, 5) is 15.4. The van der Waals surface area contributed by atoms with Crippen LogP contribution in [0.3, 0.4) is 0 Å². The summed E-state index contributed by atoms with van der Waals surface area (Å²) in [6.45, 7) is 4.09. The molecule has 29 heavy (non-hydrogen) atoms. The highest BCUT2D eigenvalue weighted by Gasteiger charge is 2.39. The molecule has 1 aromatic carbocycles. The van der Waals surface area contributed by atoms with Gasteiger partial charge in [-0.05, 0) is 68.2 Å². The Morgan fingerprint density at radius 2 is 1.86 bits per heavy atom. The van der Waals surface area contributed by atoms with Gasteiger partial charge in [0.25, 0.3) is 5.91 Å². The Morgan fingerprint density at radius 1 is 1.10 bits per heavy atom. The second kappa shape index (κ2) is 8.74. The van der Waals surface area contributed by atoms with E-state index in [1.807, 2.05) is 4.90 Å². The molecule has 4 rings (SSSR count). The van der Waals surface area contributed by atoms with Gasteiger partial charge in [0.05, 0.1) is 11.0 Å². The van der Waals surface area contributed by atoms with Gasteiger partial charge in [-0.2, -0.15) is 0 Å². The number of benzene rings is 1. The van der Waals surface area contributed by atoms with E-state index in [4.69, 9.17) is 4.74 Å². The molecule has 0 unspecified atom stereocenters. The molecule has 160 valence electrons. The molecule has 6 nitrogen and oxygen atoms in total. The minimum Gasteiger partial charge on any atom is -0.377 e. The van der Waals surface area contributed by atoms with Crippen LogP contribution in [0.1, 0.15) is 62.2 Å². The topological polar surface area (TPSA) is 75.7 Å². The molecule has 1 N–H and O–H groups in total.